The number of alkyl halides is 3. The number of sulfonamides is 1. The lowest BCUT2D eigenvalue weighted by Crippen LogP contribution is -2.51. The van der Waals surface area contributed by atoms with Gasteiger partial charge in [0.2, 0.25) is 16.4 Å². The van der Waals surface area contributed by atoms with E-state index in [9.17, 15) is 31.6 Å². The number of rotatable bonds is 11. The van der Waals surface area contributed by atoms with Gasteiger partial charge in [0.15, 0.2) is 6.61 Å². The lowest BCUT2D eigenvalue weighted by atomic mass is 10.2. The summed E-state index contributed by atoms with van der Waals surface area (Å²) in [7, 11) is -3.80. The maximum Gasteiger partial charge on any atom is 0.422 e. The molecule has 1 amide bonds. The van der Waals surface area contributed by atoms with Crippen LogP contribution in [0.2, 0.25) is 0 Å². The molecule has 1 atom stereocenters. The van der Waals surface area contributed by atoms with Gasteiger partial charge in [0.1, 0.15) is 11.6 Å². The Morgan fingerprint density at radius 3 is 2.31 bits per heavy atom. The van der Waals surface area contributed by atoms with E-state index in [0.717, 1.165) is 5.69 Å². The highest BCUT2D eigenvalue weighted by molar-refractivity contribution is 7.89. The molecule has 10 nitrogen and oxygen atoms in total. The molecule has 0 bridgehead atoms. The summed E-state index contributed by atoms with van der Waals surface area (Å²) in [6.07, 6.45) is -0.719. The van der Waals surface area contributed by atoms with Gasteiger partial charge in [-0.15, -0.1) is 0 Å². The highest BCUT2D eigenvalue weighted by Crippen LogP contribution is 2.24. The van der Waals surface area contributed by atoms with Crippen molar-refractivity contribution >= 4 is 22.1 Å². The number of ether oxygens (including phenoxy) is 1. The van der Waals surface area contributed by atoms with Gasteiger partial charge < -0.3 is 9.64 Å². The molecule has 0 radical (unpaired) electrons. The minimum atomic E-state index is -4.42. The number of piperazine rings is 1. The molecule has 35 heavy (non-hydrogen) atoms. The predicted octanol–water partition coefficient (Wildman–Crippen LogP) is 1.72. The van der Waals surface area contributed by atoms with Crippen molar-refractivity contribution in [1.29, 1.82) is 0 Å². The quantitative estimate of drug-likeness (QED) is 0.272. The second kappa shape index (κ2) is 11.6. The number of hydroxylamine groups is 2. The number of aromatic nitrogens is 2. The molecule has 1 aromatic heterocycles. The van der Waals surface area contributed by atoms with Crippen molar-refractivity contribution in [3.05, 3.63) is 48.5 Å². The molecule has 1 aromatic carbocycles. The van der Waals surface area contributed by atoms with E-state index >= 15 is 0 Å². The number of carbonyl (C=O) groups is 1. The van der Waals surface area contributed by atoms with Crippen LogP contribution in [0.25, 0.3) is 0 Å². The largest absolute Gasteiger partial charge is 0.484 e. The van der Waals surface area contributed by atoms with E-state index < -0.39 is 34.6 Å². The first-order valence-corrected chi connectivity index (χ1v) is 12.4. The molecular weight excluding hydrogens is 491 g/mol. The molecule has 1 aliphatic rings. The zero-order valence-corrected chi connectivity index (χ0v) is 19.5. The molecule has 0 aliphatic carbocycles. The summed E-state index contributed by atoms with van der Waals surface area (Å²) >= 11 is 0. The van der Waals surface area contributed by atoms with Gasteiger partial charge in [0.05, 0.1) is 11.8 Å². The second-order valence-corrected chi connectivity index (χ2v) is 9.92. The third kappa shape index (κ3) is 8.04. The summed E-state index contributed by atoms with van der Waals surface area (Å²) in [6.45, 7) is -0.301. The van der Waals surface area contributed by atoms with Gasteiger partial charge in [0, 0.05) is 50.7 Å². The Bertz CT molecular complexity index is 1050. The van der Waals surface area contributed by atoms with Crippen LogP contribution in [0.1, 0.15) is 12.2 Å². The number of halogens is 3. The van der Waals surface area contributed by atoms with E-state index in [1.54, 1.807) is 30.6 Å². The van der Waals surface area contributed by atoms with Crippen molar-refractivity contribution in [3.63, 3.8) is 0 Å². The molecule has 0 spiro atoms. The summed E-state index contributed by atoms with van der Waals surface area (Å²) in [6, 6.07) is 6.77. The fourth-order valence-corrected chi connectivity index (χ4v) is 5.36. The first-order valence-electron chi connectivity index (χ1n) is 10.8. The zero-order chi connectivity index (χ0) is 25.5. The van der Waals surface area contributed by atoms with Crippen LogP contribution in [0.15, 0.2) is 42.7 Å². The van der Waals surface area contributed by atoms with Crippen LogP contribution in [-0.4, -0.2) is 90.1 Å². The van der Waals surface area contributed by atoms with Gasteiger partial charge >= 0.3 is 6.18 Å². The topological polar surface area (TPSA) is 116 Å². The van der Waals surface area contributed by atoms with Gasteiger partial charge in [-0.3, -0.25) is 10.0 Å². The molecule has 1 N–H and O–H groups in total. The van der Waals surface area contributed by atoms with E-state index in [1.165, 1.54) is 16.4 Å². The SMILES string of the molecule is O=CN(O)C(CCc1ncccn1)CS(=O)(=O)N1CCN(c2ccc(OCC(F)(F)F)cc2)CC1. The van der Waals surface area contributed by atoms with Crippen LogP contribution in [-0.2, 0) is 21.2 Å². The zero-order valence-electron chi connectivity index (χ0n) is 18.7. The van der Waals surface area contributed by atoms with Crippen molar-refractivity contribution in [2.24, 2.45) is 0 Å². The fourth-order valence-electron chi connectivity index (χ4n) is 3.62. The summed E-state index contributed by atoms with van der Waals surface area (Å²) in [5.41, 5.74) is 0.727. The highest BCUT2D eigenvalue weighted by Gasteiger charge is 2.32. The summed E-state index contributed by atoms with van der Waals surface area (Å²) in [5.74, 6) is 0.0981. The third-order valence-electron chi connectivity index (χ3n) is 5.44. The minimum absolute atomic E-state index is 0.0861. The number of nitrogens with zero attached hydrogens (tertiary/aromatic N) is 5. The van der Waals surface area contributed by atoms with Gasteiger partial charge in [-0.2, -0.15) is 17.5 Å². The number of carbonyl (C=O) groups excluding carboxylic acids is 1. The van der Waals surface area contributed by atoms with Crippen LogP contribution >= 0.6 is 0 Å². The maximum atomic E-state index is 13.0. The summed E-state index contributed by atoms with van der Waals surface area (Å²) < 4.78 is 68.8. The standard InChI is InChI=1S/C21H26F3N5O5S/c22-21(23,24)15-34-19-5-2-17(3-6-19)27-10-12-28(13-11-27)35(32,33)14-18(29(31)16-30)4-7-20-25-8-1-9-26-20/h1-3,5-6,8-9,16,18,31H,4,7,10-15H2. The van der Waals surface area contributed by atoms with Crippen LogP contribution < -0.4 is 9.64 Å². The molecular formula is C21H26F3N5O5S. The molecule has 0 saturated carbocycles. The molecule has 2 heterocycles. The van der Waals surface area contributed by atoms with Gasteiger partial charge in [-0.1, -0.05) is 0 Å². The van der Waals surface area contributed by atoms with E-state index in [4.69, 9.17) is 4.74 Å². The first-order chi connectivity index (χ1) is 16.6. The van der Waals surface area contributed by atoms with Crippen molar-refractivity contribution < 1.29 is 36.3 Å². The minimum Gasteiger partial charge on any atom is -0.484 e. The predicted molar refractivity (Wildman–Crippen MR) is 119 cm³/mol. The van der Waals surface area contributed by atoms with E-state index in [-0.39, 0.29) is 38.1 Å². The number of hydrogen-bond donors (Lipinski definition) is 1. The molecule has 1 saturated heterocycles. The Hall–Kier alpha value is -2.97. The second-order valence-electron chi connectivity index (χ2n) is 7.91. The molecule has 2 aromatic rings. The van der Waals surface area contributed by atoms with Crippen molar-refractivity contribution in [1.82, 2.24) is 19.3 Å². The molecule has 14 heteroatoms. The van der Waals surface area contributed by atoms with Crippen LogP contribution in [0.5, 0.6) is 5.75 Å². The van der Waals surface area contributed by atoms with E-state index in [0.29, 0.717) is 24.0 Å². The van der Waals surface area contributed by atoms with E-state index in [1.807, 2.05) is 4.90 Å². The van der Waals surface area contributed by atoms with Crippen molar-refractivity contribution in [2.75, 3.05) is 43.4 Å². The lowest BCUT2D eigenvalue weighted by molar-refractivity contribution is -0.158. The Balaban J connectivity index is 1.55. The number of anilines is 1. The highest BCUT2D eigenvalue weighted by atomic mass is 32.2. The smallest absolute Gasteiger partial charge is 0.422 e. The number of benzene rings is 1. The number of amides is 1. The Morgan fingerprint density at radius 2 is 1.74 bits per heavy atom. The lowest BCUT2D eigenvalue weighted by Gasteiger charge is -2.36. The van der Waals surface area contributed by atoms with E-state index in [2.05, 4.69) is 9.97 Å². The van der Waals surface area contributed by atoms with Crippen LogP contribution in [0.3, 0.4) is 0 Å². The normalized spacial score (nSPS) is 16.1. The molecule has 192 valence electrons. The Morgan fingerprint density at radius 1 is 1.11 bits per heavy atom. The van der Waals surface area contributed by atoms with Gasteiger partial charge in [0.25, 0.3) is 0 Å². The van der Waals surface area contributed by atoms with Crippen LogP contribution in [0.4, 0.5) is 18.9 Å². The summed E-state index contributed by atoms with van der Waals surface area (Å²) in [4.78, 5) is 21.1. The molecule has 1 fully saturated rings. The summed E-state index contributed by atoms with van der Waals surface area (Å²) in [5, 5.41) is 10.3. The van der Waals surface area contributed by atoms with Crippen LogP contribution in [0, 0.1) is 0 Å². The Kier molecular flexibility index (Phi) is 8.86. The van der Waals surface area contributed by atoms with Gasteiger partial charge in [-0.05, 0) is 36.8 Å². The average Bonchev–Trinajstić information content (AvgIpc) is 2.85. The molecule has 3 rings (SSSR count). The Labute approximate surface area is 200 Å². The molecule has 1 unspecified atom stereocenters. The first kappa shape index (κ1) is 26.6. The average molecular weight is 518 g/mol. The fraction of sp³-hybridized carbons (Fsp3) is 0.476. The monoisotopic (exact) mass is 517 g/mol. The third-order valence-corrected chi connectivity index (χ3v) is 7.40. The van der Waals surface area contributed by atoms with Crippen molar-refractivity contribution in [3.8, 4) is 5.75 Å². The van der Waals surface area contributed by atoms with Crippen molar-refractivity contribution in [2.45, 2.75) is 25.1 Å². The number of hydrogen-bond acceptors (Lipinski definition) is 8. The maximum absolute atomic E-state index is 13.0. The number of aryl methyl sites for hydroxylation is 1. The molecule has 1 aliphatic heterocycles. The van der Waals surface area contributed by atoms with Gasteiger partial charge in [-0.25, -0.2) is 23.4 Å².